The predicted molar refractivity (Wildman–Crippen MR) is 84.3 cm³/mol. The first kappa shape index (κ1) is 16.4. The summed E-state index contributed by atoms with van der Waals surface area (Å²) in [6, 6.07) is 3.17. The van der Waals surface area contributed by atoms with Crippen LogP contribution in [0.2, 0.25) is 10.0 Å². The smallest absolute Gasteiger partial charge is 0.232 e. The standard InChI is InChI=1S/C11H9BrCl3NO3S/c12-7-2-9(14)10(3-8(7)13)16-4-6(1-11(16)17)5-20(15,18)19/h2-3,6H,1,4-5H2. The van der Waals surface area contributed by atoms with Gasteiger partial charge in [0.1, 0.15) is 0 Å². The highest BCUT2D eigenvalue weighted by molar-refractivity contribution is 9.10. The molecular weight excluding hydrogens is 412 g/mol. The van der Waals surface area contributed by atoms with Crippen molar-refractivity contribution in [3.05, 3.63) is 26.7 Å². The maximum absolute atomic E-state index is 12.0. The van der Waals surface area contributed by atoms with E-state index in [1.54, 1.807) is 12.1 Å². The normalized spacial score (nSPS) is 19.7. The zero-order valence-corrected chi connectivity index (χ0v) is 14.6. The zero-order valence-electron chi connectivity index (χ0n) is 9.95. The van der Waals surface area contributed by atoms with E-state index in [2.05, 4.69) is 15.9 Å². The molecule has 2 rings (SSSR count). The third kappa shape index (κ3) is 3.80. The molecule has 4 nitrogen and oxygen atoms in total. The van der Waals surface area contributed by atoms with Crippen molar-refractivity contribution in [3.8, 4) is 0 Å². The fourth-order valence-corrected chi connectivity index (χ4v) is 4.35. The Balaban J connectivity index is 2.26. The summed E-state index contributed by atoms with van der Waals surface area (Å²) in [6.07, 6.45) is 0.121. The first-order chi connectivity index (χ1) is 9.17. The first-order valence-corrected chi connectivity index (χ1v) is 9.57. The Kier molecular flexibility index (Phi) is 4.91. The van der Waals surface area contributed by atoms with Gasteiger partial charge in [-0.15, -0.1) is 0 Å². The quantitative estimate of drug-likeness (QED) is 0.553. The summed E-state index contributed by atoms with van der Waals surface area (Å²) in [5.74, 6) is -0.780. The van der Waals surface area contributed by atoms with Gasteiger partial charge in [-0.25, -0.2) is 8.42 Å². The molecule has 20 heavy (non-hydrogen) atoms. The van der Waals surface area contributed by atoms with Crippen molar-refractivity contribution in [2.24, 2.45) is 5.92 Å². The highest BCUT2D eigenvalue weighted by Crippen LogP contribution is 2.37. The summed E-state index contributed by atoms with van der Waals surface area (Å²) < 4.78 is 22.8. The van der Waals surface area contributed by atoms with E-state index in [0.717, 1.165) is 0 Å². The maximum Gasteiger partial charge on any atom is 0.232 e. The summed E-state index contributed by atoms with van der Waals surface area (Å²) in [5.41, 5.74) is 0.472. The van der Waals surface area contributed by atoms with Gasteiger partial charge in [0.05, 0.1) is 21.5 Å². The van der Waals surface area contributed by atoms with Crippen LogP contribution in [0.25, 0.3) is 0 Å². The van der Waals surface area contributed by atoms with Crippen LogP contribution in [-0.4, -0.2) is 26.6 Å². The van der Waals surface area contributed by atoms with Crippen LogP contribution in [0.5, 0.6) is 0 Å². The molecule has 0 radical (unpaired) electrons. The minimum atomic E-state index is -3.63. The van der Waals surface area contributed by atoms with E-state index in [-0.39, 0.29) is 30.5 Å². The molecule has 1 fully saturated rings. The van der Waals surface area contributed by atoms with Gasteiger partial charge in [-0.3, -0.25) is 4.79 Å². The van der Waals surface area contributed by atoms with Crippen LogP contribution in [0.1, 0.15) is 6.42 Å². The Hall–Kier alpha value is -0.0100. The van der Waals surface area contributed by atoms with E-state index in [9.17, 15) is 13.2 Å². The second-order valence-corrected chi connectivity index (χ2v) is 8.99. The lowest BCUT2D eigenvalue weighted by Crippen LogP contribution is -2.25. The molecule has 1 aromatic carbocycles. The summed E-state index contributed by atoms with van der Waals surface area (Å²) in [7, 11) is 1.59. The lowest BCUT2D eigenvalue weighted by molar-refractivity contribution is -0.117. The number of carbonyl (C=O) groups is 1. The maximum atomic E-state index is 12.0. The van der Waals surface area contributed by atoms with Gasteiger partial charge in [-0.1, -0.05) is 23.2 Å². The van der Waals surface area contributed by atoms with Gasteiger partial charge in [-0.05, 0) is 28.1 Å². The molecule has 0 aromatic heterocycles. The largest absolute Gasteiger partial charge is 0.311 e. The molecule has 0 N–H and O–H groups in total. The number of hydrogen-bond donors (Lipinski definition) is 0. The topological polar surface area (TPSA) is 54.5 Å². The summed E-state index contributed by atoms with van der Waals surface area (Å²) in [6.45, 7) is 0.252. The number of nitrogens with zero attached hydrogens (tertiary/aromatic N) is 1. The molecule has 110 valence electrons. The van der Waals surface area contributed by atoms with E-state index < -0.39 is 9.05 Å². The molecule has 0 spiro atoms. The summed E-state index contributed by atoms with van der Waals surface area (Å²) in [5, 5.41) is 0.787. The number of amides is 1. The number of anilines is 1. The van der Waals surface area contributed by atoms with Crippen molar-refractivity contribution in [3.63, 3.8) is 0 Å². The molecule has 1 aromatic rings. The van der Waals surface area contributed by atoms with E-state index in [1.165, 1.54) is 4.90 Å². The molecule has 1 heterocycles. The van der Waals surface area contributed by atoms with Crippen molar-refractivity contribution in [1.29, 1.82) is 0 Å². The monoisotopic (exact) mass is 419 g/mol. The van der Waals surface area contributed by atoms with Crippen LogP contribution in [0.15, 0.2) is 16.6 Å². The molecule has 1 amide bonds. The third-order valence-corrected chi connectivity index (χ3v) is 5.67. The minimum absolute atomic E-state index is 0.121. The van der Waals surface area contributed by atoms with Gasteiger partial charge < -0.3 is 4.90 Å². The van der Waals surface area contributed by atoms with E-state index in [0.29, 0.717) is 20.2 Å². The molecule has 0 aliphatic carbocycles. The highest BCUT2D eigenvalue weighted by atomic mass is 79.9. The fourth-order valence-electron chi connectivity index (χ4n) is 2.13. The number of halogens is 4. The van der Waals surface area contributed by atoms with Crippen LogP contribution >= 0.6 is 49.8 Å². The second kappa shape index (κ2) is 6.01. The van der Waals surface area contributed by atoms with E-state index in [4.69, 9.17) is 33.9 Å². The van der Waals surface area contributed by atoms with Gasteiger partial charge in [0.2, 0.25) is 15.0 Å². The lowest BCUT2D eigenvalue weighted by atomic mass is 10.1. The fraction of sp³-hybridized carbons (Fsp3) is 0.364. The Morgan fingerprint density at radius 1 is 1.30 bits per heavy atom. The Morgan fingerprint density at radius 3 is 2.55 bits per heavy atom. The van der Waals surface area contributed by atoms with Crippen LogP contribution < -0.4 is 4.90 Å². The van der Waals surface area contributed by atoms with Crippen LogP contribution in [0.4, 0.5) is 5.69 Å². The molecule has 1 atom stereocenters. The van der Waals surface area contributed by atoms with E-state index >= 15 is 0 Å². The van der Waals surface area contributed by atoms with Gasteiger partial charge in [0, 0.05) is 34.0 Å². The van der Waals surface area contributed by atoms with Crippen molar-refractivity contribution in [2.45, 2.75) is 6.42 Å². The van der Waals surface area contributed by atoms with E-state index in [1.807, 2.05) is 0 Å². The Labute approximate surface area is 139 Å². The number of hydrogen-bond acceptors (Lipinski definition) is 3. The number of rotatable bonds is 3. The third-order valence-electron chi connectivity index (χ3n) is 2.92. The minimum Gasteiger partial charge on any atom is -0.311 e. The average Bonchev–Trinajstić information content (AvgIpc) is 2.62. The number of benzene rings is 1. The van der Waals surface area contributed by atoms with Crippen LogP contribution in [0, 0.1) is 5.92 Å². The SMILES string of the molecule is O=C1CC(CS(=O)(=O)Cl)CN1c1cc(Cl)c(Br)cc1Cl. The second-order valence-electron chi connectivity index (χ2n) is 4.50. The summed E-state index contributed by atoms with van der Waals surface area (Å²) >= 11 is 15.3. The average molecular weight is 422 g/mol. The van der Waals surface area contributed by atoms with Gasteiger partial charge in [0.25, 0.3) is 0 Å². The molecule has 1 saturated heterocycles. The lowest BCUT2D eigenvalue weighted by Gasteiger charge is -2.19. The molecule has 1 aliphatic heterocycles. The van der Waals surface area contributed by atoms with Gasteiger partial charge in [-0.2, -0.15) is 0 Å². The first-order valence-electron chi connectivity index (χ1n) is 5.54. The Morgan fingerprint density at radius 2 is 1.95 bits per heavy atom. The predicted octanol–water partition coefficient (Wildman–Crippen LogP) is 3.68. The molecule has 0 saturated carbocycles. The molecular formula is C11H9BrCl3NO3S. The van der Waals surface area contributed by atoms with Gasteiger partial charge >= 0.3 is 0 Å². The van der Waals surface area contributed by atoms with Gasteiger partial charge in [0.15, 0.2) is 0 Å². The van der Waals surface area contributed by atoms with Crippen molar-refractivity contribution >= 4 is 70.5 Å². The Bertz CT molecular complexity index is 665. The molecule has 0 bridgehead atoms. The van der Waals surface area contributed by atoms with Crippen LogP contribution in [0.3, 0.4) is 0 Å². The molecule has 1 aliphatic rings. The molecule has 9 heteroatoms. The van der Waals surface area contributed by atoms with Crippen molar-refractivity contribution < 1.29 is 13.2 Å². The summed E-state index contributed by atoms with van der Waals surface area (Å²) in [4.78, 5) is 13.4. The van der Waals surface area contributed by atoms with Crippen molar-refractivity contribution in [2.75, 3.05) is 17.2 Å². The highest BCUT2D eigenvalue weighted by Gasteiger charge is 2.34. The molecule has 1 unspecified atom stereocenters. The van der Waals surface area contributed by atoms with Crippen LogP contribution in [-0.2, 0) is 13.8 Å². The zero-order chi connectivity index (χ0) is 15.1. The number of carbonyl (C=O) groups excluding carboxylic acids is 1. The van der Waals surface area contributed by atoms with Crippen molar-refractivity contribution in [1.82, 2.24) is 0 Å².